The highest BCUT2D eigenvalue weighted by Gasteiger charge is 2.42. The number of halogens is 1. The van der Waals surface area contributed by atoms with E-state index in [4.69, 9.17) is 0 Å². The summed E-state index contributed by atoms with van der Waals surface area (Å²) in [5.74, 6) is 0.229. The molecule has 0 saturated carbocycles. The Labute approximate surface area is 118 Å². The van der Waals surface area contributed by atoms with Crippen LogP contribution < -0.4 is 5.32 Å². The molecule has 2 fully saturated rings. The molecule has 1 aromatic heterocycles. The van der Waals surface area contributed by atoms with Gasteiger partial charge in [-0.25, -0.2) is 0 Å². The van der Waals surface area contributed by atoms with Crippen LogP contribution in [0.5, 0.6) is 0 Å². The highest BCUT2D eigenvalue weighted by molar-refractivity contribution is 7.13. The molecule has 3 nitrogen and oxygen atoms in total. The SMILES string of the molecule is Cc1ccc(C(=O)N2CCC3(CCNC3)C2)s1.Cl. The Balaban J connectivity index is 0.00000120. The molecule has 1 aromatic rings. The van der Waals surface area contributed by atoms with Gasteiger partial charge in [0.2, 0.25) is 0 Å². The number of amides is 1. The minimum absolute atomic E-state index is 0. The van der Waals surface area contributed by atoms with Crippen LogP contribution in [0.3, 0.4) is 0 Å². The normalized spacial score (nSPS) is 26.6. The first-order valence-corrected chi connectivity index (χ1v) is 7.07. The lowest BCUT2D eigenvalue weighted by atomic mass is 9.87. The first kappa shape index (κ1) is 13.8. The second kappa shape index (κ2) is 5.19. The van der Waals surface area contributed by atoms with Gasteiger partial charge < -0.3 is 10.2 Å². The second-order valence-electron chi connectivity index (χ2n) is 5.31. The third-order valence-corrected chi connectivity index (χ3v) is 5.00. The summed E-state index contributed by atoms with van der Waals surface area (Å²) in [7, 11) is 0. The minimum atomic E-state index is 0. The molecule has 5 heteroatoms. The van der Waals surface area contributed by atoms with E-state index in [2.05, 4.69) is 5.32 Å². The van der Waals surface area contributed by atoms with E-state index in [9.17, 15) is 4.79 Å². The molecule has 2 aliphatic heterocycles. The first-order valence-electron chi connectivity index (χ1n) is 6.25. The largest absolute Gasteiger partial charge is 0.337 e. The third-order valence-electron chi connectivity index (χ3n) is 4.01. The lowest BCUT2D eigenvalue weighted by molar-refractivity contribution is 0.0780. The molecule has 2 aliphatic rings. The molecule has 0 bridgehead atoms. The van der Waals surface area contributed by atoms with Crippen molar-refractivity contribution < 1.29 is 4.79 Å². The van der Waals surface area contributed by atoms with Gasteiger partial charge in [0.1, 0.15) is 0 Å². The van der Waals surface area contributed by atoms with Crippen molar-refractivity contribution in [2.24, 2.45) is 5.41 Å². The molecule has 0 aromatic carbocycles. The number of thiophene rings is 1. The van der Waals surface area contributed by atoms with E-state index in [0.717, 1.165) is 37.5 Å². The predicted molar refractivity (Wildman–Crippen MR) is 76.7 cm³/mol. The third kappa shape index (κ3) is 2.42. The monoisotopic (exact) mass is 286 g/mol. The van der Waals surface area contributed by atoms with Gasteiger partial charge in [0.05, 0.1) is 4.88 Å². The van der Waals surface area contributed by atoms with E-state index in [-0.39, 0.29) is 18.3 Å². The van der Waals surface area contributed by atoms with Crippen molar-refractivity contribution in [1.82, 2.24) is 10.2 Å². The Kier molecular flexibility index (Phi) is 3.99. The summed E-state index contributed by atoms with van der Waals surface area (Å²) >= 11 is 1.61. The van der Waals surface area contributed by atoms with Crippen LogP contribution in [0.25, 0.3) is 0 Å². The molecule has 3 rings (SSSR count). The summed E-state index contributed by atoms with van der Waals surface area (Å²) in [6.07, 6.45) is 2.39. The van der Waals surface area contributed by atoms with Crippen molar-refractivity contribution in [3.63, 3.8) is 0 Å². The van der Waals surface area contributed by atoms with Gasteiger partial charge in [0, 0.05) is 29.9 Å². The Morgan fingerprint density at radius 3 is 2.89 bits per heavy atom. The molecule has 3 heterocycles. The highest BCUT2D eigenvalue weighted by Crippen LogP contribution is 2.36. The maximum Gasteiger partial charge on any atom is 0.263 e. The fourth-order valence-electron chi connectivity index (χ4n) is 2.96. The average Bonchev–Trinajstić information content (AvgIpc) is 3.02. The van der Waals surface area contributed by atoms with E-state index < -0.39 is 0 Å². The molecule has 100 valence electrons. The molecule has 0 radical (unpaired) electrons. The van der Waals surface area contributed by atoms with Gasteiger partial charge >= 0.3 is 0 Å². The fourth-order valence-corrected chi connectivity index (χ4v) is 3.79. The van der Waals surface area contributed by atoms with Crippen LogP contribution in [-0.4, -0.2) is 37.0 Å². The Bertz CT molecular complexity index is 440. The smallest absolute Gasteiger partial charge is 0.263 e. The van der Waals surface area contributed by atoms with Crippen LogP contribution in [0.2, 0.25) is 0 Å². The summed E-state index contributed by atoms with van der Waals surface area (Å²) in [6.45, 7) is 6.11. The molecule has 1 atom stereocenters. The molecular weight excluding hydrogens is 268 g/mol. The number of aryl methyl sites for hydroxylation is 1. The summed E-state index contributed by atoms with van der Waals surface area (Å²) in [6, 6.07) is 3.99. The Morgan fingerprint density at radius 1 is 1.44 bits per heavy atom. The van der Waals surface area contributed by atoms with Crippen LogP contribution in [-0.2, 0) is 0 Å². The van der Waals surface area contributed by atoms with Gasteiger partial charge in [-0.15, -0.1) is 23.7 Å². The number of nitrogens with one attached hydrogen (secondary N) is 1. The first-order chi connectivity index (χ1) is 8.19. The quantitative estimate of drug-likeness (QED) is 0.859. The van der Waals surface area contributed by atoms with Crippen molar-refractivity contribution in [2.45, 2.75) is 19.8 Å². The molecule has 1 spiro atoms. The Morgan fingerprint density at radius 2 is 2.28 bits per heavy atom. The standard InChI is InChI=1S/C13H18N2OS.ClH/c1-10-2-3-11(17-10)12(16)15-7-5-13(9-15)4-6-14-8-13;/h2-3,14H,4-9H2,1H3;1H. The van der Waals surface area contributed by atoms with Crippen LogP contribution >= 0.6 is 23.7 Å². The average molecular weight is 287 g/mol. The van der Waals surface area contributed by atoms with Crippen molar-refractivity contribution >= 4 is 29.7 Å². The van der Waals surface area contributed by atoms with Crippen LogP contribution in [0.15, 0.2) is 12.1 Å². The lowest BCUT2D eigenvalue weighted by Crippen LogP contribution is -2.32. The number of carbonyl (C=O) groups excluding carboxylic acids is 1. The molecule has 1 N–H and O–H groups in total. The number of carbonyl (C=O) groups is 1. The topological polar surface area (TPSA) is 32.3 Å². The number of hydrogen-bond donors (Lipinski definition) is 1. The number of nitrogens with zero attached hydrogens (tertiary/aromatic N) is 1. The molecule has 2 saturated heterocycles. The molecule has 0 aliphatic carbocycles. The zero-order valence-electron chi connectivity index (χ0n) is 10.6. The summed E-state index contributed by atoms with van der Waals surface area (Å²) in [5, 5.41) is 3.42. The lowest BCUT2D eigenvalue weighted by Gasteiger charge is -2.22. The van der Waals surface area contributed by atoms with E-state index in [1.165, 1.54) is 11.3 Å². The molecule has 1 amide bonds. The van der Waals surface area contributed by atoms with Gasteiger partial charge in [-0.3, -0.25) is 4.79 Å². The maximum absolute atomic E-state index is 12.3. The second-order valence-corrected chi connectivity index (χ2v) is 6.60. The summed E-state index contributed by atoms with van der Waals surface area (Å²) in [4.78, 5) is 16.5. The minimum Gasteiger partial charge on any atom is -0.337 e. The summed E-state index contributed by atoms with van der Waals surface area (Å²) in [5.41, 5.74) is 0.377. The number of hydrogen-bond acceptors (Lipinski definition) is 3. The van der Waals surface area contributed by atoms with Crippen molar-refractivity contribution in [3.05, 3.63) is 21.9 Å². The maximum atomic E-state index is 12.3. The number of likely N-dealkylation sites (tertiary alicyclic amines) is 1. The highest BCUT2D eigenvalue weighted by atomic mass is 35.5. The van der Waals surface area contributed by atoms with Crippen molar-refractivity contribution in [3.8, 4) is 0 Å². The van der Waals surface area contributed by atoms with E-state index in [1.54, 1.807) is 11.3 Å². The predicted octanol–water partition coefficient (Wildman–Crippen LogP) is 2.30. The zero-order chi connectivity index (χ0) is 11.9. The van der Waals surface area contributed by atoms with Gasteiger partial charge in [-0.05, 0) is 38.4 Å². The van der Waals surface area contributed by atoms with Crippen molar-refractivity contribution in [1.29, 1.82) is 0 Å². The van der Waals surface area contributed by atoms with E-state index in [1.807, 2.05) is 24.0 Å². The van der Waals surface area contributed by atoms with Gasteiger partial charge in [0.15, 0.2) is 0 Å². The van der Waals surface area contributed by atoms with Gasteiger partial charge in [-0.2, -0.15) is 0 Å². The van der Waals surface area contributed by atoms with Crippen LogP contribution in [0.1, 0.15) is 27.4 Å². The van der Waals surface area contributed by atoms with Gasteiger partial charge in [0.25, 0.3) is 5.91 Å². The van der Waals surface area contributed by atoms with Gasteiger partial charge in [-0.1, -0.05) is 0 Å². The Hall–Kier alpha value is -0.580. The summed E-state index contributed by atoms with van der Waals surface area (Å²) < 4.78 is 0. The number of rotatable bonds is 1. The molecule has 1 unspecified atom stereocenters. The van der Waals surface area contributed by atoms with Crippen molar-refractivity contribution in [2.75, 3.05) is 26.2 Å². The zero-order valence-corrected chi connectivity index (χ0v) is 12.2. The van der Waals surface area contributed by atoms with E-state index >= 15 is 0 Å². The molecule has 18 heavy (non-hydrogen) atoms. The molecular formula is C13H19ClN2OS. The van der Waals surface area contributed by atoms with Crippen LogP contribution in [0, 0.1) is 12.3 Å². The fraction of sp³-hybridized carbons (Fsp3) is 0.615. The van der Waals surface area contributed by atoms with Crippen LogP contribution in [0.4, 0.5) is 0 Å². The van der Waals surface area contributed by atoms with E-state index in [0.29, 0.717) is 5.41 Å².